The third-order valence-electron chi connectivity index (χ3n) is 4.98. The highest BCUT2D eigenvalue weighted by molar-refractivity contribution is 5.95. The molecule has 1 aromatic rings. The number of aromatic nitrogens is 2. The summed E-state index contributed by atoms with van der Waals surface area (Å²) in [4.78, 5) is 66.4. The molecule has 0 aliphatic carbocycles. The van der Waals surface area contributed by atoms with Gasteiger partial charge in [0.15, 0.2) is 0 Å². The molecule has 5 unspecified atom stereocenters. The molecule has 0 aliphatic rings. The first-order chi connectivity index (χ1) is 15.5. The molecule has 14 heteroatoms. The van der Waals surface area contributed by atoms with Crippen LogP contribution in [0.2, 0.25) is 0 Å². The topological polar surface area (TPSA) is 237 Å². The van der Waals surface area contributed by atoms with Crippen LogP contribution in [-0.4, -0.2) is 85.7 Å². The monoisotopic (exact) mass is 470 g/mol. The van der Waals surface area contributed by atoms with Crippen LogP contribution in [0.5, 0.6) is 0 Å². The highest BCUT2D eigenvalue weighted by atomic mass is 16.4. The Balaban J connectivity index is 2.87. The number of H-pyrrole nitrogens is 1. The molecule has 33 heavy (non-hydrogen) atoms. The Kier molecular flexibility index (Phi) is 10.9. The largest absolute Gasteiger partial charge is 0.481 e. The SMILES string of the molecule is CCC(C)C(N)C(=O)NC(CC(=O)O)C(=O)NC(CO)C(=O)NC(Cc1cnc[nH]1)C(=O)O. The first kappa shape index (κ1) is 27.5. The molecule has 14 nitrogen and oxygen atoms in total. The summed E-state index contributed by atoms with van der Waals surface area (Å²) in [6.07, 6.45) is 2.33. The van der Waals surface area contributed by atoms with Crippen LogP contribution in [-0.2, 0) is 30.4 Å². The van der Waals surface area contributed by atoms with Crippen LogP contribution in [0, 0.1) is 5.92 Å². The number of hydrogen-bond acceptors (Lipinski definition) is 8. The molecule has 3 amide bonds. The maximum Gasteiger partial charge on any atom is 0.326 e. The molecule has 0 aliphatic heterocycles. The van der Waals surface area contributed by atoms with Crippen molar-refractivity contribution < 1.29 is 39.3 Å². The zero-order chi connectivity index (χ0) is 25.1. The lowest BCUT2D eigenvalue weighted by Crippen LogP contribution is -2.59. The number of carbonyl (C=O) groups excluding carboxylic acids is 3. The van der Waals surface area contributed by atoms with Gasteiger partial charge in [-0.3, -0.25) is 19.2 Å². The van der Waals surface area contributed by atoms with E-state index in [1.54, 1.807) is 13.8 Å². The van der Waals surface area contributed by atoms with Crippen LogP contribution in [0.25, 0.3) is 0 Å². The molecule has 1 heterocycles. The van der Waals surface area contributed by atoms with Gasteiger partial charge in [0, 0.05) is 18.3 Å². The Morgan fingerprint density at radius 1 is 1.03 bits per heavy atom. The molecule has 0 fully saturated rings. The molecule has 0 radical (unpaired) electrons. The summed E-state index contributed by atoms with van der Waals surface area (Å²) in [5.74, 6) is -5.83. The molecule has 1 rings (SSSR count). The number of aliphatic hydroxyl groups excluding tert-OH is 1. The second kappa shape index (κ2) is 13.1. The minimum Gasteiger partial charge on any atom is -0.481 e. The smallest absolute Gasteiger partial charge is 0.326 e. The molecule has 0 saturated heterocycles. The highest BCUT2D eigenvalue weighted by Gasteiger charge is 2.32. The van der Waals surface area contributed by atoms with Gasteiger partial charge in [-0.05, 0) is 5.92 Å². The number of aliphatic carboxylic acids is 2. The Morgan fingerprint density at radius 2 is 1.61 bits per heavy atom. The van der Waals surface area contributed by atoms with Gasteiger partial charge in [-0.1, -0.05) is 20.3 Å². The number of carboxylic acid groups (broad SMARTS) is 2. The number of nitrogens with zero attached hydrogens (tertiary/aromatic N) is 1. The van der Waals surface area contributed by atoms with Crippen molar-refractivity contribution in [1.82, 2.24) is 25.9 Å². The zero-order valence-corrected chi connectivity index (χ0v) is 18.3. The van der Waals surface area contributed by atoms with E-state index in [1.807, 2.05) is 0 Å². The maximum atomic E-state index is 12.6. The van der Waals surface area contributed by atoms with Gasteiger partial charge < -0.3 is 42.0 Å². The molecule has 184 valence electrons. The zero-order valence-electron chi connectivity index (χ0n) is 18.3. The number of rotatable bonds is 14. The summed E-state index contributed by atoms with van der Waals surface area (Å²) in [5, 5.41) is 34.5. The van der Waals surface area contributed by atoms with Gasteiger partial charge in [0.2, 0.25) is 17.7 Å². The van der Waals surface area contributed by atoms with Crippen molar-refractivity contribution in [2.75, 3.05) is 6.61 Å². The third kappa shape index (κ3) is 8.86. The number of nitrogens with two attached hydrogens (primary N) is 1. The molecular weight excluding hydrogens is 440 g/mol. The highest BCUT2D eigenvalue weighted by Crippen LogP contribution is 2.06. The summed E-state index contributed by atoms with van der Waals surface area (Å²) >= 11 is 0. The normalized spacial score (nSPS) is 15.4. The van der Waals surface area contributed by atoms with Gasteiger partial charge in [0.25, 0.3) is 0 Å². The fourth-order valence-corrected chi connectivity index (χ4v) is 2.72. The number of nitrogens with one attached hydrogen (secondary N) is 4. The van der Waals surface area contributed by atoms with Crippen molar-refractivity contribution in [3.63, 3.8) is 0 Å². The van der Waals surface area contributed by atoms with Crippen LogP contribution in [0.15, 0.2) is 12.5 Å². The van der Waals surface area contributed by atoms with E-state index in [2.05, 4.69) is 25.9 Å². The van der Waals surface area contributed by atoms with Crippen molar-refractivity contribution in [3.8, 4) is 0 Å². The summed E-state index contributed by atoms with van der Waals surface area (Å²) in [6, 6.07) is -5.56. The number of carbonyl (C=O) groups is 5. The quantitative estimate of drug-likeness (QED) is 0.140. The van der Waals surface area contributed by atoms with E-state index in [0.717, 1.165) is 0 Å². The molecule has 0 aromatic carbocycles. The van der Waals surface area contributed by atoms with E-state index in [1.165, 1.54) is 12.5 Å². The van der Waals surface area contributed by atoms with E-state index < -0.39 is 66.9 Å². The lowest BCUT2D eigenvalue weighted by molar-refractivity contribution is -0.143. The Bertz CT molecular complexity index is 830. The molecule has 1 aromatic heterocycles. The Hall–Kier alpha value is -3.52. The minimum atomic E-state index is -1.60. The van der Waals surface area contributed by atoms with E-state index in [0.29, 0.717) is 12.1 Å². The fraction of sp³-hybridized carbons (Fsp3) is 0.579. The van der Waals surface area contributed by atoms with Crippen molar-refractivity contribution in [2.45, 2.75) is 57.3 Å². The second-order valence-electron chi connectivity index (χ2n) is 7.49. The van der Waals surface area contributed by atoms with Crippen LogP contribution in [0.3, 0.4) is 0 Å². The minimum absolute atomic E-state index is 0.141. The van der Waals surface area contributed by atoms with Crippen LogP contribution >= 0.6 is 0 Å². The average Bonchev–Trinajstić information content (AvgIpc) is 3.27. The molecule has 0 saturated carbocycles. The maximum absolute atomic E-state index is 12.6. The Morgan fingerprint density at radius 3 is 2.09 bits per heavy atom. The lowest BCUT2D eigenvalue weighted by Gasteiger charge is -2.24. The van der Waals surface area contributed by atoms with Crippen molar-refractivity contribution >= 4 is 29.7 Å². The Labute approximate surface area is 189 Å². The van der Waals surface area contributed by atoms with E-state index >= 15 is 0 Å². The van der Waals surface area contributed by atoms with Crippen LogP contribution in [0.4, 0.5) is 0 Å². The number of imidazole rings is 1. The van der Waals surface area contributed by atoms with Gasteiger partial charge in [0.1, 0.15) is 18.1 Å². The predicted molar refractivity (Wildman–Crippen MR) is 112 cm³/mol. The molecule has 5 atom stereocenters. The average molecular weight is 470 g/mol. The molecule has 9 N–H and O–H groups in total. The van der Waals surface area contributed by atoms with Crippen molar-refractivity contribution in [3.05, 3.63) is 18.2 Å². The van der Waals surface area contributed by atoms with Crippen molar-refractivity contribution in [1.29, 1.82) is 0 Å². The van der Waals surface area contributed by atoms with E-state index in [4.69, 9.17) is 10.8 Å². The lowest BCUT2D eigenvalue weighted by atomic mass is 9.99. The molecule has 0 bridgehead atoms. The second-order valence-corrected chi connectivity index (χ2v) is 7.49. The molecular formula is C19H30N6O8. The third-order valence-corrected chi connectivity index (χ3v) is 4.98. The van der Waals surface area contributed by atoms with Gasteiger partial charge in [-0.2, -0.15) is 0 Å². The number of aliphatic hydroxyl groups is 1. The molecule has 0 spiro atoms. The van der Waals surface area contributed by atoms with Gasteiger partial charge in [0.05, 0.1) is 25.4 Å². The van der Waals surface area contributed by atoms with Crippen LogP contribution in [0.1, 0.15) is 32.4 Å². The standard InChI is InChI=1S/C19H30N6O8/c1-3-9(2)15(20)18(31)23-11(5-14(27)28)16(29)25-13(7-26)17(30)24-12(19(32)33)4-10-6-21-8-22-10/h6,8-9,11-13,15,26H,3-5,7,20H2,1-2H3,(H,21,22)(H,23,31)(H,24,30)(H,25,29)(H,27,28)(H,32,33). The van der Waals surface area contributed by atoms with Crippen LogP contribution < -0.4 is 21.7 Å². The first-order valence-corrected chi connectivity index (χ1v) is 10.2. The van der Waals surface area contributed by atoms with Crippen molar-refractivity contribution in [2.24, 2.45) is 11.7 Å². The van der Waals surface area contributed by atoms with Gasteiger partial charge in [-0.25, -0.2) is 9.78 Å². The summed E-state index contributed by atoms with van der Waals surface area (Å²) in [6.45, 7) is 2.61. The summed E-state index contributed by atoms with van der Waals surface area (Å²) < 4.78 is 0. The number of aromatic amines is 1. The van der Waals surface area contributed by atoms with Gasteiger partial charge in [-0.15, -0.1) is 0 Å². The van der Waals surface area contributed by atoms with E-state index in [9.17, 15) is 34.2 Å². The predicted octanol–water partition coefficient (Wildman–Crippen LogP) is -2.67. The van der Waals surface area contributed by atoms with Gasteiger partial charge >= 0.3 is 11.9 Å². The fourth-order valence-electron chi connectivity index (χ4n) is 2.72. The summed E-state index contributed by atoms with van der Waals surface area (Å²) in [5.41, 5.74) is 6.23. The number of hydrogen-bond donors (Lipinski definition) is 8. The summed E-state index contributed by atoms with van der Waals surface area (Å²) in [7, 11) is 0. The first-order valence-electron chi connectivity index (χ1n) is 10.2. The number of amides is 3. The number of carboxylic acids is 2. The van der Waals surface area contributed by atoms with E-state index in [-0.39, 0.29) is 12.3 Å².